The van der Waals surface area contributed by atoms with Crippen molar-refractivity contribution in [2.75, 3.05) is 5.75 Å². The molecule has 0 bridgehead atoms. The first kappa shape index (κ1) is 20.6. The molecule has 1 aromatic carbocycles. The van der Waals surface area contributed by atoms with Gasteiger partial charge >= 0.3 is 0 Å². The molecule has 1 heterocycles. The van der Waals surface area contributed by atoms with Crippen molar-refractivity contribution >= 4 is 17.7 Å². The highest BCUT2D eigenvalue weighted by molar-refractivity contribution is 7.99. The van der Waals surface area contributed by atoms with Gasteiger partial charge in [0.1, 0.15) is 5.82 Å². The summed E-state index contributed by atoms with van der Waals surface area (Å²) in [6.45, 7) is 11.0. The number of aromatic nitrogens is 3. The van der Waals surface area contributed by atoms with Gasteiger partial charge in [0.05, 0.1) is 11.8 Å². The summed E-state index contributed by atoms with van der Waals surface area (Å²) >= 11 is 1.44. The quantitative estimate of drug-likeness (QED) is 0.472. The van der Waals surface area contributed by atoms with Gasteiger partial charge in [0.2, 0.25) is 5.91 Å². The number of thioether (sulfide) groups is 1. The van der Waals surface area contributed by atoms with Gasteiger partial charge in [0, 0.05) is 12.5 Å². The van der Waals surface area contributed by atoms with E-state index in [-0.39, 0.29) is 11.9 Å². The lowest BCUT2D eigenvalue weighted by Crippen LogP contribution is -2.28. The zero-order chi connectivity index (χ0) is 20.1. The summed E-state index contributed by atoms with van der Waals surface area (Å²) in [6.07, 6.45) is 5.28. The fraction of sp³-hybridized carbons (Fsp3) is 0.500. The minimum absolute atomic E-state index is 0.00452. The maximum absolute atomic E-state index is 12.4. The van der Waals surface area contributed by atoms with Crippen LogP contribution in [0.15, 0.2) is 42.1 Å². The lowest BCUT2D eigenvalue weighted by Gasteiger charge is -2.15. The second kappa shape index (κ2) is 9.41. The molecule has 0 spiro atoms. The van der Waals surface area contributed by atoms with Crippen LogP contribution in [0.2, 0.25) is 0 Å². The highest BCUT2D eigenvalue weighted by Crippen LogP contribution is 2.40. The second-order valence-corrected chi connectivity index (χ2v) is 8.87. The average molecular weight is 399 g/mol. The number of allylic oxidation sites excluding steroid dienone is 1. The Kier molecular flexibility index (Phi) is 6.94. The standard InChI is InChI=1S/C22H30N4OS/c1-5-12-26-21(19-10-11-19)24-25-22(26)28-14-20(27)23-16(4)18-8-6-17(7-9-18)13-15(2)3/h5-9,15-16,19H,1,10-14H2,2-4H3,(H,23,27). The third-order valence-corrected chi connectivity index (χ3v) is 5.80. The largest absolute Gasteiger partial charge is 0.349 e. The number of carbonyl (C=O) groups is 1. The molecule has 1 saturated carbocycles. The van der Waals surface area contributed by atoms with Gasteiger partial charge in [-0.05, 0) is 43.2 Å². The van der Waals surface area contributed by atoms with Crippen LogP contribution in [0.3, 0.4) is 0 Å². The maximum atomic E-state index is 12.4. The normalized spacial score (nSPS) is 14.9. The molecule has 28 heavy (non-hydrogen) atoms. The van der Waals surface area contributed by atoms with Crippen molar-refractivity contribution in [2.24, 2.45) is 5.92 Å². The van der Waals surface area contributed by atoms with E-state index in [1.807, 2.05) is 13.0 Å². The van der Waals surface area contributed by atoms with Crippen molar-refractivity contribution in [3.63, 3.8) is 0 Å². The summed E-state index contributed by atoms with van der Waals surface area (Å²) in [4.78, 5) is 12.4. The average Bonchev–Trinajstić information content (AvgIpc) is 3.42. The zero-order valence-corrected chi connectivity index (χ0v) is 17.8. The van der Waals surface area contributed by atoms with Gasteiger partial charge in [-0.1, -0.05) is 56.0 Å². The minimum Gasteiger partial charge on any atom is -0.349 e. The summed E-state index contributed by atoms with van der Waals surface area (Å²) in [5.41, 5.74) is 2.46. The Morgan fingerprint density at radius 3 is 2.61 bits per heavy atom. The van der Waals surface area contributed by atoms with Crippen molar-refractivity contribution in [3.8, 4) is 0 Å². The molecule has 0 saturated heterocycles. The van der Waals surface area contributed by atoms with E-state index >= 15 is 0 Å². The molecule has 1 fully saturated rings. The molecule has 6 heteroatoms. The molecule has 1 aliphatic carbocycles. The number of hydrogen-bond donors (Lipinski definition) is 1. The van der Waals surface area contributed by atoms with Crippen LogP contribution in [-0.2, 0) is 17.8 Å². The molecule has 0 aliphatic heterocycles. The summed E-state index contributed by atoms with van der Waals surface area (Å²) in [5, 5.41) is 12.5. The molecule has 3 rings (SSSR count). The lowest BCUT2D eigenvalue weighted by molar-refractivity contribution is -0.119. The van der Waals surface area contributed by atoms with Gasteiger partial charge < -0.3 is 9.88 Å². The molecule has 1 atom stereocenters. The van der Waals surface area contributed by atoms with E-state index in [1.54, 1.807) is 0 Å². The number of carbonyl (C=O) groups excluding carboxylic acids is 1. The molecule has 1 unspecified atom stereocenters. The monoisotopic (exact) mass is 398 g/mol. The molecule has 1 aromatic heterocycles. The predicted octanol–water partition coefficient (Wildman–Crippen LogP) is 4.51. The predicted molar refractivity (Wildman–Crippen MR) is 114 cm³/mol. The molecule has 1 N–H and O–H groups in total. The maximum Gasteiger partial charge on any atom is 0.230 e. The molecule has 5 nitrogen and oxygen atoms in total. The van der Waals surface area contributed by atoms with Crippen molar-refractivity contribution in [3.05, 3.63) is 53.9 Å². The smallest absolute Gasteiger partial charge is 0.230 e. The van der Waals surface area contributed by atoms with Crippen LogP contribution < -0.4 is 5.32 Å². The zero-order valence-electron chi connectivity index (χ0n) is 17.0. The van der Waals surface area contributed by atoms with Gasteiger partial charge in [-0.3, -0.25) is 4.79 Å². The molecule has 2 aromatic rings. The highest BCUT2D eigenvalue weighted by Gasteiger charge is 2.30. The van der Waals surface area contributed by atoms with Crippen molar-refractivity contribution in [1.82, 2.24) is 20.1 Å². The van der Waals surface area contributed by atoms with E-state index in [4.69, 9.17) is 0 Å². The van der Waals surface area contributed by atoms with Gasteiger partial charge in [0.25, 0.3) is 0 Å². The molecule has 150 valence electrons. The third-order valence-electron chi connectivity index (χ3n) is 4.83. The minimum atomic E-state index is -0.0192. The first-order chi connectivity index (χ1) is 13.5. The molecular formula is C22H30N4OS. The summed E-state index contributed by atoms with van der Waals surface area (Å²) in [7, 11) is 0. The summed E-state index contributed by atoms with van der Waals surface area (Å²) in [6, 6.07) is 8.51. The van der Waals surface area contributed by atoms with E-state index in [2.05, 4.69) is 64.8 Å². The lowest BCUT2D eigenvalue weighted by atomic mass is 10.00. The van der Waals surface area contributed by atoms with E-state index < -0.39 is 0 Å². The van der Waals surface area contributed by atoms with E-state index in [9.17, 15) is 4.79 Å². The van der Waals surface area contributed by atoms with E-state index in [1.165, 1.54) is 30.2 Å². The fourth-order valence-corrected chi connectivity index (χ4v) is 4.03. The van der Waals surface area contributed by atoms with Crippen LogP contribution in [0.4, 0.5) is 0 Å². The van der Waals surface area contributed by atoms with Crippen molar-refractivity contribution < 1.29 is 4.79 Å². The Balaban J connectivity index is 1.53. The van der Waals surface area contributed by atoms with E-state index in [0.717, 1.165) is 23.0 Å². The van der Waals surface area contributed by atoms with Crippen LogP contribution >= 0.6 is 11.8 Å². The third kappa shape index (κ3) is 5.47. The summed E-state index contributed by atoms with van der Waals surface area (Å²) < 4.78 is 2.08. The van der Waals surface area contributed by atoms with Gasteiger partial charge in [-0.2, -0.15) is 0 Å². The highest BCUT2D eigenvalue weighted by atomic mass is 32.2. The van der Waals surface area contributed by atoms with Crippen LogP contribution in [0, 0.1) is 5.92 Å². The summed E-state index contributed by atoms with van der Waals surface area (Å²) in [5.74, 6) is 2.52. The molecule has 1 aliphatic rings. The van der Waals surface area contributed by atoms with Crippen LogP contribution in [0.25, 0.3) is 0 Å². The van der Waals surface area contributed by atoms with Crippen LogP contribution in [0.5, 0.6) is 0 Å². The molecule has 1 amide bonds. The number of rotatable bonds is 10. The van der Waals surface area contributed by atoms with E-state index in [0.29, 0.717) is 24.1 Å². The Morgan fingerprint density at radius 2 is 2.00 bits per heavy atom. The Bertz CT molecular complexity index is 808. The second-order valence-electron chi connectivity index (χ2n) is 7.93. The topological polar surface area (TPSA) is 59.8 Å². The fourth-order valence-electron chi connectivity index (χ4n) is 3.26. The number of hydrogen-bond acceptors (Lipinski definition) is 4. The van der Waals surface area contributed by atoms with Crippen LogP contribution in [0.1, 0.15) is 62.5 Å². The first-order valence-electron chi connectivity index (χ1n) is 10.0. The van der Waals surface area contributed by atoms with Crippen molar-refractivity contribution in [1.29, 1.82) is 0 Å². The molecular weight excluding hydrogens is 368 g/mol. The van der Waals surface area contributed by atoms with Crippen LogP contribution in [-0.4, -0.2) is 26.4 Å². The van der Waals surface area contributed by atoms with Crippen molar-refractivity contribution in [2.45, 2.75) is 63.7 Å². The van der Waals surface area contributed by atoms with Gasteiger partial charge in [-0.25, -0.2) is 0 Å². The number of nitrogens with zero attached hydrogens (tertiary/aromatic N) is 3. The Hall–Kier alpha value is -2.08. The van der Waals surface area contributed by atoms with Gasteiger partial charge in [-0.15, -0.1) is 16.8 Å². The first-order valence-corrected chi connectivity index (χ1v) is 11.0. The number of benzene rings is 1. The number of nitrogens with one attached hydrogen (secondary N) is 1. The number of amides is 1. The Morgan fingerprint density at radius 1 is 1.29 bits per heavy atom. The SMILES string of the molecule is C=CCn1c(SCC(=O)NC(C)c2ccc(CC(C)C)cc2)nnc1C1CC1. The Labute approximate surface area is 172 Å². The van der Waals surface area contributed by atoms with Gasteiger partial charge in [0.15, 0.2) is 5.16 Å². The molecule has 0 radical (unpaired) electrons.